The van der Waals surface area contributed by atoms with Gasteiger partial charge >= 0.3 is 12.1 Å². The molecular weight excluding hydrogens is 367 g/mol. The van der Waals surface area contributed by atoms with Crippen molar-refractivity contribution >= 4 is 17.8 Å². The number of piperidine rings is 1. The number of ketones is 1. The molecule has 0 aliphatic carbocycles. The first-order chi connectivity index (χ1) is 12.8. The molecule has 0 N–H and O–H groups in total. The number of halogens is 3. The van der Waals surface area contributed by atoms with Crippen LogP contribution >= 0.6 is 0 Å². The predicted molar refractivity (Wildman–Crippen MR) is 87.1 cm³/mol. The minimum atomic E-state index is -1.62. The van der Waals surface area contributed by atoms with Crippen molar-refractivity contribution in [2.75, 3.05) is 20.3 Å². The molecule has 0 spiro atoms. The van der Waals surface area contributed by atoms with Crippen LogP contribution in [0.5, 0.6) is 0 Å². The van der Waals surface area contributed by atoms with Gasteiger partial charge in [0.05, 0.1) is 19.8 Å². The smallest absolute Gasteiger partial charge is 0.409 e. The van der Waals surface area contributed by atoms with Crippen LogP contribution in [0.3, 0.4) is 0 Å². The summed E-state index contributed by atoms with van der Waals surface area (Å²) >= 11 is 0. The summed E-state index contributed by atoms with van der Waals surface area (Å²) in [7, 11) is 1.16. The third kappa shape index (κ3) is 4.78. The van der Waals surface area contributed by atoms with E-state index in [-0.39, 0.29) is 37.3 Å². The number of benzene rings is 1. The van der Waals surface area contributed by atoms with E-state index in [9.17, 15) is 27.6 Å². The molecule has 6 nitrogen and oxygen atoms in total. The zero-order valence-electron chi connectivity index (χ0n) is 15.0. The van der Waals surface area contributed by atoms with Gasteiger partial charge in [-0.3, -0.25) is 9.59 Å². The van der Waals surface area contributed by atoms with E-state index in [1.807, 2.05) is 0 Å². The Bertz CT molecular complexity index is 717. The second-order valence-corrected chi connectivity index (χ2v) is 6.15. The second-order valence-electron chi connectivity index (χ2n) is 6.15. The molecule has 9 heteroatoms. The molecule has 1 heterocycles. The fourth-order valence-corrected chi connectivity index (χ4v) is 3.18. The lowest BCUT2D eigenvalue weighted by Gasteiger charge is -2.38. The number of hydrogen-bond acceptors (Lipinski definition) is 5. The van der Waals surface area contributed by atoms with Gasteiger partial charge in [-0.1, -0.05) is 0 Å². The third-order valence-corrected chi connectivity index (χ3v) is 4.48. The molecule has 1 fully saturated rings. The Morgan fingerprint density at radius 2 is 1.81 bits per heavy atom. The molecule has 2 rings (SSSR count). The van der Waals surface area contributed by atoms with Gasteiger partial charge in [0.2, 0.25) is 0 Å². The number of ether oxygens (including phenoxy) is 2. The lowest BCUT2D eigenvalue weighted by Crippen LogP contribution is -2.43. The van der Waals surface area contributed by atoms with E-state index in [2.05, 4.69) is 4.74 Å². The summed E-state index contributed by atoms with van der Waals surface area (Å²) in [5, 5.41) is 0. The first-order valence-corrected chi connectivity index (χ1v) is 8.45. The summed E-state index contributed by atoms with van der Waals surface area (Å²) in [5.74, 6) is -6.06. The molecule has 148 valence electrons. The van der Waals surface area contributed by atoms with Gasteiger partial charge in [0.25, 0.3) is 0 Å². The Kier molecular flexibility index (Phi) is 6.81. The van der Waals surface area contributed by atoms with Crippen LogP contribution < -0.4 is 0 Å². The summed E-state index contributed by atoms with van der Waals surface area (Å²) in [4.78, 5) is 37.1. The number of esters is 1. The molecule has 0 aromatic heterocycles. The monoisotopic (exact) mass is 387 g/mol. The number of hydrogen-bond donors (Lipinski definition) is 0. The van der Waals surface area contributed by atoms with E-state index in [0.717, 1.165) is 19.2 Å². The van der Waals surface area contributed by atoms with Crippen molar-refractivity contribution in [3.05, 3.63) is 35.1 Å². The minimum Gasteiger partial charge on any atom is -0.466 e. The van der Waals surface area contributed by atoms with E-state index in [1.54, 1.807) is 6.92 Å². The van der Waals surface area contributed by atoms with Crippen molar-refractivity contribution in [3.8, 4) is 0 Å². The van der Waals surface area contributed by atoms with Crippen LogP contribution in [-0.4, -0.2) is 43.0 Å². The highest BCUT2D eigenvalue weighted by Gasteiger charge is 2.37. The Hall–Kier alpha value is -2.58. The topological polar surface area (TPSA) is 72.9 Å². The average Bonchev–Trinajstić information content (AvgIpc) is 2.64. The second kappa shape index (κ2) is 8.88. The van der Waals surface area contributed by atoms with E-state index in [0.29, 0.717) is 0 Å². The molecule has 0 unspecified atom stereocenters. The van der Waals surface area contributed by atoms with Crippen molar-refractivity contribution in [2.45, 2.75) is 32.2 Å². The fraction of sp³-hybridized carbons (Fsp3) is 0.500. The highest BCUT2D eigenvalue weighted by Crippen LogP contribution is 2.36. The summed E-state index contributed by atoms with van der Waals surface area (Å²) in [6, 6.07) is 0.681. The Morgan fingerprint density at radius 3 is 2.37 bits per heavy atom. The molecular formula is C18H20F3NO5. The van der Waals surface area contributed by atoms with Crippen molar-refractivity contribution in [2.24, 2.45) is 5.92 Å². The van der Waals surface area contributed by atoms with Gasteiger partial charge in [-0.2, -0.15) is 0 Å². The van der Waals surface area contributed by atoms with Crippen LogP contribution in [0.2, 0.25) is 0 Å². The maximum absolute atomic E-state index is 13.6. The molecule has 0 bridgehead atoms. The normalized spacial score (nSPS) is 19.5. The van der Waals surface area contributed by atoms with Gasteiger partial charge in [0.15, 0.2) is 17.5 Å². The number of rotatable bonds is 5. The predicted octanol–water partition coefficient (Wildman–Crippen LogP) is 3.15. The molecule has 1 aromatic carbocycles. The number of likely N-dealkylation sites (tertiary alicyclic amines) is 1. The molecule has 1 amide bonds. The van der Waals surface area contributed by atoms with Crippen molar-refractivity contribution in [3.63, 3.8) is 0 Å². The van der Waals surface area contributed by atoms with Gasteiger partial charge in [0.1, 0.15) is 12.2 Å². The van der Waals surface area contributed by atoms with Gasteiger partial charge in [-0.25, -0.2) is 18.0 Å². The first-order valence-electron chi connectivity index (χ1n) is 8.45. The van der Waals surface area contributed by atoms with Gasteiger partial charge < -0.3 is 14.4 Å². The van der Waals surface area contributed by atoms with E-state index < -0.39 is 47.9 Å². The van der Waals surface area contributed by atoms with Crippen LogP contribution in [0, 0.1) is 23.4 Å². The van der Waals surface area contributed by atoms with Crippen LogP contribution in [-0.2, 0) is 19.1 Å². The third-order valence-electron chi connectivity index (χ3n) is 4.48. The van der Waals surface area contributed by atoms with Crippen LogP contribution in [0.1, 0.15) is 37.8 Å². The Morgan fingerprint density at radius 1 is 1.19 bits per heavy atom. The number of methoxy groups -OCH3 is 1. The van der Waals surface area contributed by atoms with Crippen molar-refractivity contribution < 1.29 is 37.0 Å². The van der Waals surface area contributed by atoms with E-state index in [4.69, 9.17) is 4.74 Å². The standard InChI is InChI=1S/C18H20F3NO5/c1-3-27-16(24)9-15(23)10-4-5-22(18(25)26-2)14(8-10)11-6-12(19)17(21)13(20)7-11/h6-7,10,14H,3-5,8-9H2,1-2H3/t10-,14-/m1/s1. The molecule has 0 radical (unpaired) electrons. The molecule has 1 saturated heterocycles. The molecule has 27 heavy (non-hydrogen) atoms. The summed E-state index contributed by atoms with van der Waals surface area (Å²) in [6.45, 7) is 1.84. The van der Waals surface area contributed by atoms with Gasteiger partial charge in [-0.05, 0) is 37.5 Å². The average molecular weight is 387 g/mol. The lowest BCUT2D eigenvalue weighted by atomic mass is 9.84. The van der Waals surface area contributed by atoms with Crippen molar-refractivity contribution in [1.29, 1.82) is 0 Å². The minimum absolute atomic E-state index is 0.00503. The molecule has 2 atom stereocenters. The van der Waals surface area contributed by atoms with Gasteiger partial charge in [0, 0.05) is 12.5 Å². The number of nitrogens with zero attached hydrogens (tertiary/aromatic N) is 1. The number of carbonyl (C=O) groups excluding carboxylic acids is 3. The number of Topliss-reactive ketones (excluding diaryl/α,β-unsaturated/α-hetero) is 1. The van der Waals surface area contributed by atoms with Crippen LogP contribution in [0.25, 0.3) is 0 Å². The van der Waals surface area contributed by atoms with Crippen LogP contribution in [0.4, 0.5) is 18.0 Å². The fourth-order valence-electron chi connectivity index (χ4n) is 3.18. The first kappa shape index (κ1) is 20.7. The van der Waals surface area contributed by atoms with E-state index >= 15 is 0 Å². The SMILES string of the molecule is CCOC(=O)CC(=O)[C@@H]1CCN(C(=O)OC)[C@@H](c2cc(F)c(F)c(F)c2)C1. The Labute approximate surface area is 154 Å². The Balaban J connectivity index is 2.27. The highest BCUT2D eigenvalue weighted by molar-refractivity contribution is 5.97. The number of carbonyl (C=O) groups is 3. The quantitative estimate of drug-likeness (QED) is 0.441. The summed E-state index contributed by atoms with van der Waals surface area (Å²) in [6.07, 6.45) is -0.870. The lowest BCUT2D eigenvalue weighted by molar-refractivity contribution is -0.146. The van der Waals surface area contributed by atoms with Crippen molar-refractivity contribution in [1.82, 2.24) is 4.90 Å². The molecule has 1 aromatic rings. The largest absolute Gasteiger partial charge is 0.466 e. The van der Waals surface area contributed by atoms with Crippen LogP contribution in [0.15, 0.2) is 12.1 Å². The highest BCUT2D eigenvalue weighted by atomic mass is 19.2. The van der Waals surface area contributed by atoms with Gasteiger partial charge in [-0.15, -0.1) is 0 Å². The zero-order valence-corrected chi connectivity index (χ0v) is 15.0. The summed E-state index contributed by atoms with van der Waals surface area (Å²) in [5.41, 5.74) is 0.00503. The molecule has 1 aliphatic rings. The summed E-state index contributed by atoms with van der Waals surface area (Å²) < 4.78 is 50.0. The maximum atomic E-state index is 13.6. The zero-order chi connectivity index (χ0) is 20.1. The molecule has 1 aliphatic heterocycles. The maximum Gasteiger partial charge on any atom is 0.409 e. The molecule has 0 saturated carbocycles. The van der Waals surface area contributed by atoms with E-state index in [1.165, 1.54) is 4.90 Å². The number of amides is 1.